The van der Waals surface area contributed by atoms with Crippen LogP contribution in [0.15, 0.2) is 29.6 Å². The molecule has 4 rings (SSSR count). The van der Waals surface area contributed by atoms with E-state index < -0.39 is 0 Å². The van der Waals surface area contributed by atoms with Crippen LogP contribution >= 0.6 is 11.3 Å². The number of nitrogens with zero attached hydrogens (tertiary/aromatic N) is 2. The third kappa shape index (κ3) is 4.21. The molecule has 0 amide bonds. The number of benzene rings is 1. The van der Waals surface area contributed by atoms with Gasteiger partial charge in [0.15, 0.2) is 11.5 Å². The van der Waals surface area contributed by atoms with E-state index in [0.717, 1.165) is 56.2 Å². The van der Waals surface area contributed by atoms with E-state index >= 15 is 0 Å². The molecular weight excluding hydrogens is 364 g/mol. The van der Waals surface area contributed by atoms with Crippen LogP contribution < -0.4 is 14.2 Å². The van der Waals surface area contributed by atoms with Gasteiger partial charge in [-0.15, -0.1) is 11.3 Å². The van der Waals surface area contributed by atoms with Crippen LogP contribution in [0.5, 0.6) is 17.2 Å². The number of thiophene rings is 1. The Balaban J connectivity index is 1.43. The Kier molecular flexibility index (Phi) is 5.83. The SMILES string of the molecule is COc1cc(CN2CCN(Cc3cccs3)[C@@H](CCO)C2)cc2c1OCO2. The Labute approximate surface area is 163 Å². The van der Waals surface area contributed by atoms with Crippen molar-refractivity contribution >= 4 is 11.3 Å². The number of fused-ring (bicyclic) bond motifs is 1. The predicted molar refractivity (Wildman–Crippen MR) is 105 cm³/mol. The normalized spacial score (nSPS) is 20.1. The molecule has 1 atom stereocenters. The number of aliphatic hydroxyl groups is 1. The maximum Gasteiger partial charge on any atom is 0.231 e. The van der Waals surface area contributed by atoms with Crippen molar-refractivity contribution in [2.75, 3.05) is 40.1 Å². The Bertz CT molecular complexity index is 753. The van der Waals surface area contributed by atoms with Gasteiger partial charge in [-0.25, -0.2) is 0 Å². The maximum atomic E-state index is 9.52. The summed E-state index contributed by atoms with van der Waals surface area (Å²) in [7, 11) is 1.65. The first-order valence-electron chi connectivity index (χ1n) is 9.33. The fourth-order valence-corrected chi connectivity index (χ4v) is 4.60. The van der Waals surface area contributed by atoms with E-state index in [1.165, 1.54) is 4.88 Å². The molecule has 7 heteroatoms. The van der Waals surface area contributed by atoms with Gasteiger partial charge in [0.2, 0.25) is 12.5 Å². The number of hydrogen-bond acceptors (Lipinski definition) is 7. The molecule has 0 spiro atoms. The molecule has 1 saturated heterocycles. The van der Waals surface area contributed by atoms with Crippen LogP contribution in [-0.2, 0) is 13.1 Å². The molecule has 0 aliphatic carbocycles. The summed E-state index contributed by atoms with van der Waals surface area (Å²) in [5, 5.41) is 11.6. The Hall–Kier alpha value is -1.80. The molecule has 2 aromatic rings. The number of methoxy groups -OCH3 is 1. The van der Waals surface area contributed by atoms with Crippen molar-refractivity contribution in [3.8, 4) is 17.2 Å². The summed E-state index contributed by atoms with van der Waals surface area (Å²) in [4.78, 5) is 6.33. The van der Waals surface area contributed by atoms with Crippen LogP contribution in [0.2, 0.25) is 0 Å². The van der Waals surface area contributed by atoms with Crippen molar-refractivity contribution in [2.24, 2.45) is 0 Å². The van der Waals surface area contributed by atoms with E-state index in [-0.39, 0.29) is 13.4 Å². The van der Waals surface area contributed by atoms with Gasteiger partial charge >= 0.3 is 0 Å². The zero-order chi connectivity index (χ0) is 18.6. The summed E-state index contributed by atoms with van der Waals surface area (Å²) in [6, 6.07) is 8.73. The Morgan fingerprint density at radius 2 is 2.19 bits per heavy atom. The number of rotatable bonds is 7. The van der Waals surface area contributed by atoms with Crippen LogP contribution in [0.3, 0.4) is 0 Å². The Morgan fingerprint density at radius 1 is 1.26 bits per heavy atom. The van der Waals surface area contributed by atoms with Crippen LogP contribution in [0.1, 0.15) is 16.9 Å². The molecule has 3 heterocycles. The highest BCUT2D eigenvalue weighted by atomic mass is 32.1. The van der Waals surface area contributed by atoms with Crippen molar-refractivity contribution in [3.05, 3.63) is 40.1 Å². The van der Waals surface area contributed by atoms with Gasteiger partial charge < -0.3 is 19.3 Å². The molecule has 1 fully saturated rings. The van der Waals surface area contributed by atoms with E-state index in [9.17, 15) is 5.11 Å². The molecule has 27 heavy (non-hydrogen) atoms. The van der Waals surface area contributed by atoms with E-state index in [4.69, 9.17) is 14.2 Å². The van der Waals surface area contributed by atoms with Crippen LogP contribution in [0, 0.1) is 0 Å². The van der Waals surface area contributed by atoms with Crippen LogP contribution in [0.25, 0.3) is 0 Å². The van der Waals surface area contributed by atoms with Gasteiger partial charge in [0.1, 0.15) is 0 Å². The number of aliphatic hydroxyl groups excluding tert-OH is 1. The lowest BCUT2D eigenvalue weighted by atomic mass is 10.1. The predicted octanol–water partition coefficient (Wildman–Crippen LogP) is 2.55. The lowest BCUT2D eigenvalue weighted by Crippen LogP contribution is -2.52. The number of hydrogen-bond donors (Lipinski definition) is 1. The van der Waals surface area contributed by atoms with Crippen molar-refractivity contribution < 1.29 is 19.3 Å². The molecule has 0 radical (unpaired) electrons. The average molecular weight is 391 g/mol. The summed E-state index contributed by atoms with van der Waals surface area (Å²) in [6.45, 7) is 5.22. The van der Waals surface area contributed by atoms with Gasteiger partial charge in [-0.05, 0) is 35.6 Å². The highest BCUT2D eigenvalue weighted by Gasteiger charge is 2.28. The van der Waals surface area contributed by atoms with Crippen molar-refractivity contribution in [1.82, 2.24) is 9.80 Å². The third-order valence-electron chi connectivity index (χ3n) is 5.21. The molecule has 1 N–H and O–H groups in total. The second kappa shape index (κ2) is 8.48. The summed E-state index contributed by atoms with van der Waals surface area (Å²) >= 11 is 1.80. The summed E-state index contributed by atoms with van der Waals surface area (Å²) in [6.07, 6.45) is 0.798. The van der Waals surface area contributed by atoms with Crippen molar-refractivity contribution in [3.63, 3.8) is 0 Å². The first kappa shape index (κ1) is 18.6. The fraction of sp³-hybridized carbons (Fsp3) is 0.500. The molecule has 1 aromatic carbocycles. The second-order valence-corrected chi connectivity index (χ2v) is 8.02. The molecule has 2 aliphatic heterocycles. The third-order valence-corrected chi connectivity index (χ3v) is 6.08. The van der Waals surface area contributed by atoms with E-state index in [2.05, 4.69) is 27.3 Å². The largest absolute Gasteiger partial charge is 0.493 e. The van der Waals surface area contributed by atoms with E-state index in [0.29, 0.717) is 11.8 Å². The first-order valence-corrected chi connectivity index (χ1v) is 10.2. The minimum absolute atomic E-state index is 0.220. The van der Waals surface area contributed by atoms with Gasteiger partial charge in [-0.3, -0.25) is 9.80 Å². The quantitative estimate of drug-likeness (QED) is 0.784. The molecule has 2 aliphatic rings. The lowest BCUT2D eigenvalue weighted by Gasteiger charge is -2.41. The molecule has 1 aromatic heterocycles. The molecular formula is C20H26N2O4S. The summed E-state index contributed by atoms with van der Waals surface area (Å²) in [5.41, 5.74) is 1.16. The van der Waals surface area contributed by atoms with E-state index in [1.807, 2.05) is 12.1 Å². The van der Waals surface area contributed by atoms with Crippen molar-refractivity contribution in [2.45, 2.75) is 25.6 Å². The topological polar surface area (TPSA) is 54.4 Å². The summed E-state index contributed by atoms with van der Waals surface area (Å²) < 4.78 is 16.5. The minimum Gasteiger partial charge on any atom is -0.493 e. The highest BCUT2D eigenvalue weighted by molar-refractivity contribution is 7.09. The van der Waals surface area contributed by atoms with Gasteiger partial charge in [0.05, 0.1) is 7.11 Å². The smallest absolute Gasteiger partial charge is 0.231 e. The minimum atomic E-state index is 0.220. The molecule has 146 valence electrons. The zero-order valence-corrected chi connectivity index (χ0v) is 16.4. The number of piperazine rings is 1. The van der Waals surface area contributed by atoms with Gasteiger partial charge in [-0.1, -0.05) is 6.07 Å². The lowest BCUT2D eigenvalue weighted by molar-refractivity contribution is 0.0506. The maximum absolute atomic E-state index is 9.52. The summed E-state index contributed by atoms with van der Waals surface area (Å²) in [5.74, 6) is 2.18. The van der Waals surface area contributed by atoms with Gasteiger partial charge in [-0.2, -0.15) is 0 Å². The Morgan fingerprint density at radius 3 is 2.96 bits per heavy atom. The first-order chi connectivity index (χ1) is 13.3. The van der Waals surface area contributed by atoms with Crippen LogP contribution in [0.4, 0.5) is 0 Å². The monoisotopic (exact) mass is 390 g/mol. The molecule has 6 nitrogen and oxygen atoms in total. The molecule has 0 bridgehead atoms. The fourth-order valence-electron chi connectivity index (χ4n) is 3.87. The van der Waals surface area contributed by atoms with Gasteiger partial charge in [0, 0.05) is 50.2 Å². The standard InChI is InChI=1S/C20H26N2O4S/c1-24-18-9-15(10-19-20(18)26-14-25-19)11-21-5-6-22(16(12-21)4-7-23)13-17-3-2-8-27-17/h2-3,8-10,16,23H,4-7,11-14H2,1H3/t16-/m0/s1. The highest BCUT2D eigenvalue weighted by Crippen LogP contribution is 2.42. The van der Waals surface area contributed by atoms with Crippen LogP contribution in [-0.4, -0.2) is 61.1 Å². The molecule has 0 unspecified atom stereocenters. The second-order valence-electron chi connectivity index (χ2n) is 6.98. The molecule has 0 saturated carbocycles. The number of ether oxygens (including phenoxy) is 3. The van der Waals surface area contributed by atoms with Gasteiger partial charge in [0.25, 0.3) is 0 Å². The average Bonchev–Trinajstić information content (AvgIpc) is 3.35. The zero-order valence-electron chi connectivity index (χ0n) is 15.6. The van der Waals surface area contributed by atoms with Crippen molar-refractivity contribution in [1.29, 1.82) is 0 Å². The van der Waals surface area contributed by atoms with E-state index in [1.54, 1.807) is 18.4 Å².